The van der Waals surface area contributed by atoms with E-state index in [0.717, 1.165) is 6.42 Å². The first-order chi connectivity index (χ1) is 1.91. The lowest BCUT2D eigenvalue weighted by Crippen LogP contribution is -1.48. The quantitative estimate of drug-likeness (QED) is 0.505. The van der Waals surface area contributed by atoms with Gasteiger partial charge in [-0.2, -0.15) is 0 Å². The largest absolute Gasteiger partial charge is 0.344 e. The molecule has 3 N–H and O–H groups in total. The Labute approximate surface area is 34.0 Å². The second-order valence-electron chi connectivity index (χ2n) is 0.854. The van der Waals surface area contributed by atoms with Gasteiger partial charge in [0, 0.05) is 0 Å². The number of unbranched alkanes of at least 4 members (excludes halogenated alkanes) is 1. The van der Waals surface area contributed by atoms with Crippen LogP contribution in [0.2, 0.25) is 0 Å². The molecule has 5 heavy (non-hydrogen) atoms. The highest BCUT2D eigenvalue weighted by Gasteiger charge is 1.56. The molecule has 0 fully saturated rings. The molecule has 0 saturated carbocycles. The molecule has 0 saturated heterocycles. The molecule has 33 valence electrons. The van der Waals surface area contributed by atoms with Crippen LogP contribution in [0, 0.1) is 6.92 Å². The monoisotopic (exact) mass is 74.1 g/mol. The highest BCUT2D eigenvalue weighted by atomic mass is 14.0. The number of hydrogen-bond acceptors (Lipinski definition) is 1. The molecule has 0 aliphatic rings. The lowest BCUT2D eigenvalue weighted by Gasteiger charge is -1.67. The van der Waals surface area contributed by atoms with Crippen molar-refractivity contribution in [3.05, 3.63) is 6.92 Å². The zero-order valence-electron chi connectivity index (χ0n) is 3.83. The maximum atomic E-state index is 3.60. The van der Waals surface area contributed by atoms with Crippen molar-refractivity contribution in [2.75, 3.05) is 0 Å². The Morgan fingerprint density at radius 1 is 1.60 bits per heavy atom. The average molecular weight is 74.1 g/mol. The van der Waals surface area contributed by atoms with Gasteiger partial charge in [-0.05, 0) is 0 Å². The molecule has 1 nitrogen and oxygen atoms in total. The Balaban J connectivity index is 0. The van der Waals surface area contributed by atoms with Gasteiger partial charge >= 0.3 is 0 Å². The van der Waals surface area contributed by atoms with E-state index in [1.54, 1.807) is 0 Å². The van der Waals surface area contributed by atoms with Gasteiger partial charge in [-0.25, -0.2) is 0 Å². The molecule has 0 rings (SSSR count). The van der Waals surface area contributed by atoms with Crippen molar-refractivity contribution in [2.24, 2.45) is 0 Å². The summed E-state index contributed by atoms with van der Waals surface area (Å²) in [6, 6.07) is 0. The Bertz CT molecular complexity index is 5.61. The van der Waals surface area contributed by atoms with Gasteiger partial charge in [-0.1, -0.05) is 26.7 Å². The summed E-state index contributed by atoms with van der Waals surface area (Å²) in [7, 11) is 0. The van der Waals surface area contributed by atoms with Crippen molar-refractivity contribution in [3.63, 3.8) is 0 Å². The van der Waals surface area contributed by atoms with Crippen molar-refractivity contribution in [1.82, 2.24) is 6.15 Å². The molecular formula is C4H12N. The fourth-order valence-corrected chi connectivity index (χ4v) is 0. The topological polar surface area (TPSA) is 35.0 Å². The normalized spacial score (nSPS) is 6.00. The summed E-state index contributed by atoms with van der Waals surface area (Å²) >= 11 is 0. The number of rotatable bonds is 1. The zero-order valence-corrected chi connectivity index (χ0v) is 3.83. The first kappa shape index (κ1) is 8.88. The summed E-state index contributed by atoms with van der Waals surface area (Å²) < 4.78 is 0. The van der Waals surface area contributed by atoms with Crippen LogP contribution in [0.25, 0.3) is 0 Å². The zero-order chi connectivity index (χ0) is 3.41. The molecule has 1 heteroatoms. The Morgan fingerprint density at radius 3 is 1.80 bits per heavy atom. The first-order valence-corrected chi connectivity index (χ1v) is 1.71. The first-order valence-electron chi connectivity index (χ1n) is 1.71. The van der Waals surface area contributed by atoms with Crippen molar-refractivity contribution in [2.45, 2.75) is 19.8 Å². The van der Waals surface area contributed by atoms with Crippen LogP contribution in [0.5, 0.6) is 0 Å². The molecule has 0 aliphatic carbocycles. The third kappa shape index (κ3) is 16.5. The molecule has 1 radical (unpaired) electrons. The molecule has 0 aromatic carbocycles. The standard InChI is InChI=1S/C4H9.H3N/c1-3-4-2;/h1,3-4H2,2H3;1H3. The lowest BCUT2D eigenvalue weighted by molar-refractivity contribution is 0.956. The fraction of sp³-hybridized carbons (Fsp3) is 0.750. The van der Waals surface area contributed by atoms with E-state index in [1.165, 1.54) is 6.42 Å². The maximum absolute atomic E-state index is 3.60. The SMILES string of the molecule is N.[CH2]CCC. The van der Waals surface area contributed by atoms with Gasteiger partial charge in [0.25, 0.3) is 0 Å². The van der Waals surface area contributed by atoms with Crippen LogP contribution in [0.15, 0.2) is 0 Å². The van der Waals surface area contributed by atoms with Gasteiger partial charge in [-0.3, -0.25) is 0 Å². The van der Waals surface area contributed by atoms with Crippen molar-refractivity contribution in [1.29, 1.82) is 0 Å². The molecule has 0 amide bonds. The van der Waals surface area contributed by atoms with E-state index in [4.69, 9.17) is 0 Å². The molecule has 0 unspecified atom stereocenters. The Morgan fingerprint density at radius 2 is 1.80 bits per heavy atom. The molecule has 0 spiro atoms. The van der Waals surface area contributed by atoms with E-state index in [1.807, 2.05) is 0 Å². The van der Waals surface area contributed by atoms with E-state index >= 15 is 0 Å². The molecule has 0 aromatic heterocycles. The molecular weight excluding hydrogens is 62.1 g/mol. The minimum absolute atomic E-state index is 0. The summed E-state index contributed by atoms with van der Waals surface area (Å²) in [5.41, 5.74) is 0. The molecule has 0 aliphatic heterocycles. The fourth-order valence-electron chi connectivity index (χ4n) is 0. The second-order valence-corrected chi connectivity index (χ2v) is 0.854. The highest BCUT2D eigenvalue weighted by molar-refractivity contribution is 4.29. The van der Waals surface area contributed by atoms with Crippen molar-refractivity contribution in [3.8, 4) is 0 Å². The van der Waals surface area contributed by atoms with Crippen molar-refractivity contribution >= 4 is 0 Å². The predicted molar refractivity (Wildman–Crippen MR) is 25.3 cm³/mol. The van der Waals surface area contributed by atoms with Gasteiger partial charge < -0.3 is 6.15 Å². The summed E-state index contributed by atoms with van der Waals surface area (Å²) in [6.07, 6.45) is 2.28. The minimum Gasteiger partial charge on any atom is -0.344 e. The maximum Gasteiger partial charge on any atom is -0.0533 e. The molecule has 0 aromatic rings. The smallest absolute Gasteiger partial charge is 0.0533 e. The van der Waals surface area contributed by atoms with Gasteiger partial charge in [0.05, 0.1) is 0 Å². The van der Waals surface area contributed by atoms with Gasteiger partial charge in [0.1, 0.15) is 0 Å². The third-order valence-corrected chi connectivity index (χ3v) is 0.354. The third-order valence-electron chi connectivity index (χ3n) is 0.354. The van der Waals surface area contributed by atoms with E-state index in [2.05, 4.69) is 13.8 Å². The Hall–Kier alpha value is -0.0400. The summed E-state index contributed by atoms with van der Waals surface area (Å²) in [6.45, 7) is 5.72. The van der Waals surface area contributed by atoms with Crippen molar-refractivity contribution < 1.29 is 0 Å². The van der Waals surface area contributed by atoms with Crippen LogP contribution in [0.1, 0.15) is 19.8 Å². The van der Waals surface area contributed by atoms with E-state index in [-0.39, 0.29) is 6.15 Å². The lowest BCUT2D eigenvalue weighted by atomic mass is 10.4. The van der Waals surface area contributed by atoms with E-state index in [9.17, 15) is 0 Å². The predicted octanol–water partition coefficient (Wildman–Crippen LogP) is 1.78. The van der Waals surface area contributed by atoms with Crippen LogP contribution in [-0.4, -0.2) is 0 Å². The molecule has 0 bridgehead atoms. The van der Waals surface area contributed by atoms with Crippen LogP contribution in [0.4, 0.5) is 0 Å². The van der Waals surface area contributed by atoms with Crippen LogP contribution in [0.3, 0.4) is 0 Å². The van der Waals surface area contributed by atoms with Gasteiger partial charge in [0.15, 0.2) is 0 Å². The average Bonchev–Trinajstić information content (AvgIpc) is 1.37. The van der Waals surface area contributed by atoms with Crippen LogP contribution in [-0.2, 0) is 0 Å². The van der Waals surface area contributed by atoms with Gasteiger partial charge in [-0.15, -0.1) is 0 Å². The highest BCUT2D eigenvalue weighted by Crippen LogP contribution is 1.75. The number of hydrogen-bond donors (Lipinski definition) is 1. The Kier molecular flexibility index (Phi) is 16.0. The van der Waals surface area contributed by atoms with Crippen LogP contribution < -0.4 is 6.15 Å². The van der Waals surface area contributed by atoms with E-state index < -0.39 is 0 Å². The second kappa shape index (κ2) is 9.03. The van der Waals surface area contributed by atoms with Gasteiger partial charge in [0.2, 0.25) is 0 Å². The summed E-state index contributed by atoms with van der Waals surface area (Å²) in [5.74, 6) is 0. The van der Waals surface area contributed by atoms with Crippen LogP contribution >= 0.6 is 0 Å². The molecule has 0 heterocycles. The summed E-state index contributed by atoms with van der Waals surface area (Å²) in [5, 5.41) is 0. The molecule has 0 atom stereocenters. The minimum atomic E-state index is 0. The van der Waals surface area contributed by atoms with E-state index in [0.29, 0.717) is 0 Å². The summed E-state index contributed by atoms with van der Waals surface area (Å²) in [4.78, 5) is 0.